The maximum absolute atomic E-state index is 13.3. The van der Waals surface area contributed by atoms with Crippen LogP contribution in [-0.4, -0.2) is 28.8 Å². The van der Waals surface area contributed by atoms with Crippen molar-refractivity contribution in [3.05, 3.63) is 70.2 Å². The van der Waals surface area contributed by atoms with Gasteiger partial charge in [0.05, 0.1) is 15.2 Å². The number of fused-ring (bicyclic) bond motifs is 2. The van der Waals surface area contributed by atoms with E-state index in [2.05, 4.69) is 16.7 Å². The van der Waals surface area contributed by atoms with Gasteiger partial charge in [0.25, 0.3) is 5.91 Å². The molecule has 0 saturated heterocycles. The Morgan fingerprint density at radius 1 is 1.28 bits per heavy atom. The van der Waals surface area contributed by atoms with Gasteiger partial charge >= 0.3 is 0 Å². The molecule has 0 N–H and O–H groups in total. The zero-order valence-corrected chi connectivity index (χ0v) is 18.7. The fraction of sp³-hybridized carbons (Fsp3) is 0.174. The van der Waals surface area contributed by atoms with Gasteiger partial charge in [-0.25, -0.2) is 0 Å². The minimum atomic E-state index is -0.458. The maximum Gasteiger partial charge on any atom is 0.285 e. The molecule has 0 radical (unpaired) electrons. The molecule has 4 aromatic rings. The van der Waals surface area contributed by atoms with E-state index in [1.807, 2.05) is 28.8 Å². The topological polar surface area (TPSA) is 78.9 Å². The molecule has 0 atom stereocenters. The lowest BCUT2D eigenvalue weighted by Gasteiger charge is -2.18. The second kappa shape index (κ2) is 8.29. The number of carbonyl (C=O) groups is 1. The standard InChI is InChI=1S/C23H18ClN3O4S/c1-3-8-27-16-11-17-18(30-10-9-29-17)12-19(16)32-23(27)25-22(28)20-13(2)31-26-21(20)14-6-4-5-7-15(14)24/h3-7,11-12H,1,8-10H2,2H3. The van der Waals surface area contributed by atoms with Crippen LogP contribution in [0.1, 0.15) is 16.1 Å². The number of aryl methyl sites for hydroxylation is 1. The monoisotopic (exact) mass is 467 g/mol. The number of hydrogen-bond donors (Lipinski definition) is 0. The van der Waals surface area contributed by atoms with Crippen molar-refractivity contribution >= 4 is 39.1 Å². The van der Waals surface area contributed by atoms with E-state index < -0.39 is 5.91 Å². The highest BCUT2D eigenvalue weighted by molar-refractivity contribution is 7.16. The molecule has 3 heterocycles. The zero-order valence-electron chi connectivity index (χ0n) is 17.1. The van der Waals surface area contributed by atoms with Crippen LogP contribution in [0, 0.1) is 6.92 Å². The van der Waals surface area contributed by atoms with Gasteiger partial charge in [-0.2, -0.15) is 4.99 Å². The summed E-state index contributed by atoms with van der Waals surface area (Å²) in [6, 6.07) is 11.0. The van der Waals surface area contributed by atoms with E-state index in [1.54, 1.807) is 25.1 Å². The Balaban J connectivity index is 1.66. The second-order valence-corrected chi connectivity index (χ2v) is 8.52. The lowest BCUT2D eigenvalue weighted by atomic mass is 10.1. The number of aromatic nitrogens is 2. The molecule has 0 unspecified atom stereocenters. The van der Waals surface area contributed by atoms with E-state index in [4.69, 9.17) is 25.6 Å². The number of hydrogen-bond acceptors (Lipinski definition) is 6. The van der Waals surface area contributed by atoms with Crippen LogP contribution in [0.4, 0.5) is 0 Å². The van der Waals surface area contributed by atoms with E-state index in [9.17, 15) is 4.79 Å². The summed E-state index contributed by atoms with van der Waals surface area (Å²) < 4.78 is 19.6. The SMILES string of the molecule is C=CCn1c(=NC(=O)c2c(-c3ccccc3Cl)noc2C)sc2cc3c(cc21)OCCO3. The molecule has 2 aromatic carbocycles. The maximum atomic E-state index is 13.3. The van der Waals surface area contributed by atoms with Crippen LogP contribution < -0.4 is 14.3 Å². The molecule has 2 aromatic heterocycles. The van der Waals surface area contributed by atoms with Gasteiger partial charge < -0.3 is 18.6 Å². The average molecular weight is 468 g/mol. The van der Waals surface area contributed by atoms with Crippen molar-refractivity contribution in [2.75, 3.05) is 13.2 Å². The van der Waals surface area contributed by atoms with E-state index >= 15 is 0 Å². The number of rotatable bonds is 4. The van der Waals surface area contributed by atoms with Gasteiger partial charge in [-0.15, -0.1) is 6.58 Å². The summed E-state index contributed by atoms with van der Waals surface area (Å²) in [5, 5.41) is 4.55. The molecule has 7 nitrogen and oxygen atoms in total. The summed E-state index contributed by atoms with van der Waals surface area (Å²) >= 11 is 7.71. The minimum Gasteiger partial charge on any atom is -0.486 e. The number of allylic oxidation sites excluding steroid dienone is 1. The highest BCUT2D eigenvalue weighted by Crippen LogP contribution is 2.36. The van der Waals surface area contributed by atoms with Gasteiger partial charge in [-0.3, -0.25) is 4.79 Å². The van der Waals surface area contributed by atoms with E-state index in [0.717, 1.165) is 10.2 Å². The van der Waals surface area contributed by atoms with Gasteiger partial charge in [0, 0.05) is 24.2 Å². The van der Waals surface area contributed by atoms with Gasteiger partial charge in [0.1, 0.15) is 30.2 Å². The third-order valence-electron chi connectivity index (χ3n) is 5.06. The van der Waals surface area contributed by atoms with E-state index in [1.165, 1.54) is 11.3 Å². The minimum absolute atomic E-state index is 0.284. The highest BCUT2D eigenvalue weighted by atomic mass is 35.5. The lowest BCUT2D eigenvalue weighted by molar-refractivity contribution is 0.0997. The molecule has 5 rings (SSSR count). The van der Waals surface area contributed by atoms with Crippen LogP contribution in [0.5, 0.6) is 11.5 Å². The molecule has 162 valence electrons. The van der Waals surface area contributed by atoms with E-state index in [0.29, 0.717) is 58.1 Å². The molecule has 0 bridgehead atoms. The van der Waals surface area contributed by atoms with Gasteiger partial charge in [0.15, 0.2) is 16.3 Å². The Bertz CT molecular complexity index is 1430. The van der Waals surface area contributed by atoms with Crippen molar-refractivity contribution in [2.45, 2.75) is 13.5 Å². The molecule has 0 fully saturated rings. The van der Waals surface area contributed by atoms with Crippen molar-refractivity contribution in [3.63, 3.8) is 0 Å². The molecule has 1 aliphatic rings. The number of amides is 1. The Labute approximate surface area is 192 Å². The summed E-state index contributed by atoms with van der Waals surface area (Å²) in [6.45, 7) is 7.00. The van der Waals surface area contributed by atoms with Gasteiger partial charge in [0.2, 0.25) is 0 Å². The Morgan fingerprint density at radius 2 is 2.03 bits per heavy atom. The molecular formula is C23H18ClN3O4S. The second-order valence-electron chi connectivity index (χ2n) is 7.11. The first-order valence-corrected chi connectivity index (χ1v) is 11.1. The molecule has 0 saturated carbocycles. The van der Waals surface area contributed by atoms with Crippen LogP contribution in [0.3, 0.4) is 0 Å². The quantitative estimate of drug-likeness (QED) is 0.394. The summed E-state index contributed by atoms with van der Waals surface area (Å²) in [4.78, 5) is 18.3. The van der Waals surface area contributed by atoms with Crippen LogP contribution >= 0.6 is 22.9 Å². The number of nitrogens with zero attached hydrogens (tertiary/aromatic N) is 3. The van der Waals surface area contributed by atoms with Crippen LogP contribution in [0.2, 0.25) is 5.02 Å². The smallest absolute Gasteiger partial charge is 0.285 e. The summed E-state index contributed by atoms with van der Waals surface area (Å²) in [6.07, 6.45) is 1.76. The van der Waals surface area contributed by atoms with Crippen molar-refractivity contribution in [2.24, 2.45) is 4.99 Å². The molecular weight excluding hydrogens is 450 g/mol. The third-order valence-corrected chi connectivity index (χ3v) is 6.43. The zero-order chi connectivity index (χ0) is 22.2. The Morgan fingerprint density at radius 3 is 2.78 bits per heavy atom. The predicted octanol–water partition coefficient (Wildman–Crippen LogP) is 5.02. The van der Waals surface area contributed by atoms with Crippen molar-refractivity contribution in [1.29, 1.82) is 0 Å². The lowest BCUT2D eigenvalue weighted by Crippen LogP contribution is -2.17. The fourth-order valence-corrected chi connectivity index (χ4v) is 4.87. The first-order valence-electron chi connectivity index (χ1n) is 9.91. The Hall–Kier alpha value is -3.36. The van der Waals surface area contributed by atoms with E-state index in [-0.39, 0.29) is 5.56 Å². The Kier molecular flexibility index (Phi) is 5.32. The first-order chi connectivity index (χ1) is 15.6. The van der Waals surface area contributed by atoms with Crippen molar-refractivity contribution < 1.29 is 18.8 Å². The predicted molar refractivity (Wildman–Crippen MR) is 123 cm³/mol. The molecule has 1 amide bonds. The summed E-state index contributed by atoms with van der Waals surface area (Å²) in [5.41, 5.74) is 2.16. The van der Waals surface area contributed by atoms with Crippen molar-refractivity contribution in [1.82, 2.24) is 9.72 Å². The van der Waals surface area contributed by atoms with Gasteiger partial charge in [-0.05, 0) is 13.0 Å². The van der Waals surface area contributed by atoms with Gasteiger partial charge in [-0.1, -0.05) is 52.4 Å². The number of carbonyl (C=O) groups excluding carboxylic acids is 1. The van der Waals surface area contributed by atoms with Crippen molar-refractivity contribution in [3.8, 4) is 22.8 Å². The highest BCUT2D eigenvalue weighted by Gasteiger charge is 2.23. The molecule has 0 aliphatic carbocycles. The van der Waals surface area contributed by atoms with Crippen LogP contribution in [0.25, 0.3) is 21.5 Å². The summed E-state index contributed by atoms with van der Waals surface area (Å²) in [7, 11) is 0. The number of thiazole rings is 1. The van der Waals surface area contributed by atoms with Crippen LogP contribution in [0.15, 0.2) is 58.6 Å². The molecule has 1 aliphatic heterocycles. The van der Waals surface area contributed by atoms with Crippen LogP contribution in [-0.2, 0) is 6.54 Å². The molecule has 9 heteroatoms. The summed E-state index contributed by atoms with van der Waals surface area (Å²) in [5.74, 6) is 1.28. The first kappa shape index (κ1) is 20.5. The largest absolute Gasteiger partial charge is 0.486 e. The molecule has 0 spiro atoms. The number of benzene rings is 2. The normalized spacial score (nSPS) is 13.5. The number of halogens is 1. The molecule has 32 heavy (non-hydrogen) atoms. The number of ether oxygens (including phenoxy) is 2. The fourth-order valence-electron chi connectivity index (χ4n) is 3.60. The third kappa shape index (κ3) is 3.51. The average Bonchev–Trinajstić information content (AvgIpc) is 3.33.